The third-order valence-corrected chi connectivity index (χ3v) is 6.61. The van der Waals surface area contributed by atoms with Crippen LogP contribution in [0.4, 0.5) is 0 Å². The zero-order valence-corrected chi connectivity index (χ0v) is 25.6. The van der Waals surface area contributed by atoms with Gasteiger partial charge in [0.15, 0.2) is 29.0 Å². The summed E-state index contributed by atoms with van der Waals surface area (Å²) in [5, 5.41) is 7.48. The number of nitrogens with one attached hydrogen (secondary N) is 1. The van der Waals surface area contributed by atoms with E-state index in [1.165, 1.54) is 32.4 Å². The Hall–Kier alpha value is -3.78. The number of carbonyl (C=O) groups excluding carboxylic acids is 4. The first-order valence-electron chi connectivity index (χ1n) is 13.5. The zero-order valence-electron chi connectivity index (χ0n) is 24.8. The Balaban J connectivity index is 2.12. The van der Waals surface area contributed by atoms with Gasteiger partial charge in [-0.1, -0.05) is 26.0 Å². The van der Waals surface area contributed by atoms with Crippen molar-refractivity contribution in [2.24, 2.45) is 5.92 Å². The lowest BCUT2D eigenvalue weighted by Gasteiger charge is -2.45. The van der Waals surface area contributed by atoms with Gasteiger partial charge in [0.1, 0.15) is 31.1 Å². The summed E-state index contributed by atoms with van der Waals surface area (Å²) in [4.78, 5) is 48.3. The van der Waals surface area contributed by atoms with Crippen molar-refractivity contribution in [3.8, 4) is 5.75 Å². The molecule has 0 bridgehead atoms. The molecule has 1 N–H and O–H groups in total. The van der Waals surface area contributed by atoms with E-state index in [0.717, 1.165) is 5.56 Å². The van der Waals surface area contributed by atoms with Crippen molar-refractivity contribution < 1.29 is 42.9 Å². The average molecular weight is 607 g/mol. The second kappa shape index (κ2) is 14.4. The Labute approximate surface area is 249 Å². The summed E-state index contributed by atoms with van der Waals surface area (Å²) in [6.45, 7) is 11.1. The Morgan fingerprint density at radius 3 is 2.29 bits per heavy atom. The molecule has 14 heteroatoms. The van der Waals surface area contributed by atoms with Crippen LogP contribution in [-0.4, -0.2) is 69.1 Å². The summed E-state index contributed by atoms with van der Waals surface area (Å²) in [7, 11) is 0. The van der Waals surface area contributed by atoms with E-state index in [0.29, 0.717) is 18.1 Å². The van der Waals surface area contributed by atoms with Crippen LogP contribution in [0, 0.1) is 17.6 Å². The third kappa shape index (κ3) is 8.61. The van der Waals surface area contributed by atoms with Gasteiger partial charge < -0.3 is 33.6 Å². The van der Waals surface area contributed by atoms with Gasteiger partial charge in [0.05, 0.1) is 0 Å². The van der Waals surface area contributed by atoms with Crippen molar-refractivity contribution in [1.29, 1.82) is 0 Å². The standard InChI is InChI=1S/C28H38N4O9S/c1-15(2)12-31-23(14-38-21-10-8-9-16(3)11-21)30-32(28(31)42)27-24(29-17(4)33)26(40-20(7)36)25(39-19(6)35)22(41-27)13-37-18(5)34/h8-11,15,22,24-27H,12-14H2,1-7H3,(H,29,33)/t22-,24-,25-,26-,27-/m1/s1. The number of amides is 1. The van der Waals surface area contributed by atoms with Gasteiger partial charge in [-0.2, -0.15) is 5.10 Å². The van der Waals surface area contributed by atoms with E-state index in [2.05, 4.69) is 5.32 Å². The Morgan fingerprint density at radius 2 is 1.71 bits per heavy atom. The SMILES string of the molecule is CC(=O)N[C@@H]1[C@@H](OC(C)=O)[C@H](OC(C)=O)[C@@H](COC(C)=O)O[C@H]1n1nc(COc2cccc(C)c2)n(CC(C)C)c1=S. The fourth-order valence-corrected chi connectivity index (χ4v) is 4.97. The van der Waals surface area contributed by atoms with E-state index in [4.69, 9.17) is 41.0 Å². The molecule has 1 aliphatic heterocycles. The molecule has 0 unspecified atom stereocenters. The van der Waals surface area contributed by atoms with Crippen molar-refractivity contribution in [3.63, 3.8) is 0 Å². The maximum Gasteiger partial charge on any atom is 0.303 e. The number of benzene rings is 1. The van der Waals surface area contributed by atoms with E-state index in [9.17, 15) is 19.2 Å². The number of esters is 3. The van der Waals surface area contributed by atoms with E-state index in [1.54, 1.807) is 0 Å². The number of rotatable bonds is 11. The number of nitrogens with zero attached hydrogens (tertiary/aromatic N) is 3. The van der Waals surface area contributed by atoms with Crippen LogP contribution in [0.25, 0.3) is 0 Å². The van der Waals surface area contributed by atoms with Crippen LogP contribution in [0.1, 0.15) is 59.2 Å². The van der Waals surface area contributed by atoms with Crippen molar-refractivity contribution in [3.05, 3.63) is 40.4 Å². The lowest BCUT2D eigenvalue weighted by Crippen LogP contribution is -2.64. The molecule has 1 aliphatic rings. The van der Waals surface area contributed by atoms with Gasteiger partial charge in [-0.05, 0) is 42.8 Å². The molecule has 1 fully saturated rings. The van der Waals surface area contributed by atoms with Gasteiger partial charge in [-0.25, -0.2) is 4.68 Å². The van der Waals surface area contributed by atoms with Crippen molar-refractivity contribution in [2.75, 3.05) is 6.61 Å². The summed E-state index contributed by atoms with van der Waals surface area (Å²) >= 11 is 5.84. The zero-order chi connectivity index (χ0) is 31.1. The molecule has 3 rings (SSSR count). The van der Waals surface area contributed by atoms with Gasteiger partial charge in [0.25, 0.3) is 0 Å². The molecule has 13 nitrogen and oxygen atoms in total. The summed E-state index contributed by atoms with van der Waals surface area (Å²) in [5.41, 5.74) is 1.03. The molecule has 1 amide bonds. The molecule has 2 aromatic rings. The molecule has 5 atom stereocenters. The first-order valence-corrected chi connectivity index (χ1v) is 14.0. The summed E-state index contributed by atoms with van der Waals surface area (Å²) in [6.07, 6.45) is -4.71. The lowest BCUT2D eigenvalue weighted by atomic mass is 9.95. The predicted molar refractivity (Wildman–Crippen MR) is 151 cm³/mol. The van der Waals surface area contributed by atoms with Crippen LogP contribution in [0.3, 0.4) is 0 Å². The number of aryl methyl sites for hydroxylation is 1. The maximum atomic E-state index is 12.4. The van der Waals surface area contributed by atoms with Crippen molar-refractivity contribution in [1.82, 2.24) is 19.7 Å². The summed E-state index contributed by atoms with van der Waals surface area (Å²) in [5.74, 6) is -1.13. The molecule has 1 saturated heterocycles. The number of aromatic nitrogens is 3. The van der Waals surface area contributed by atoms with Gasteiger partial charge in [-0.15, -0.1) is 0 Å². The molecule has 230 valence electrons. The van der Waals surface area contributed by atoms with Crippen LogP contribution in [0.15, 0.2) is 24.3 Å². The molecule has 42 heavy (non-hydrogen) atoms. The van der Waals surface area contributed by atoms with E-state index in [1.807, 2.05) is 49.6 Å². The van der Waals surface area contributed by atoms with Crippen LogP contribution in [-0.2, 0) is 51.3 Å². The van der Waals surface area contributed by atoms with Crippen molar-refractivity contribution in [2.45, 2.75) is 92.2 Å². The topological polar surface area (TPSA) is 149 Å². The van der Waals surface area contributed by atoms with Crippen LogP contribution < -0.4 is 10.1 Å². The fraction of sp³-hybridized carbons (Fsp3) is 0.571. The molecule has 0 aliphatic carbocycles. The molecule has 0 radical (unpaired) electrons. The Kier molecular flexibility index (Phi) is 11.2. The monoisotopic (exact) mass is 606 g/mol. The molecule has 0 spiro atoms. The fourth-order valence-electron chi connectivity index (χ4n) is 4.65. The second-order valence-electron chi connectivity index (χ2n) is 10.5. The van der Waals surface area contributed by atoms with E-state index >= 15 is 0 Å². The molecule has 0 saturated carbocycles. The van der Waals surface area contributed by atoms with Crippen LogP contribution in [0.2, 0.25) is 0 Å². The highest BCUT2D eigenvalue weighted by Crippen LogP contribution is 2.33. The van der Waals surface area contributed by atoms with E-state index < -0.39 is 54.4 Å². The molecule has 1 aromatic carbocycles. The second-order valence-corrected chi connectivity index (χ2v) is 10.9. The minimum absolute atomic E-state index is 0.0741. The molecule has 1 aromatic heterocycles. The van der Waals surface area contributed by atoms with Crippen LogP contribution >= 0.6 is 12.2 Å². The first-order chi connectivity index (χ1) is 19.8. The number of carbonyl (C=O) groups is 4. The maximum absolute atomic E-state index is 12.4. The van der Waals surface area contributed by atoms with Crippen molar-refractivity contribution >= 4 is 36.0 Å². The Morgan fingerprint density at radius 1 is 1.05 bits per heavy atom. The predicted octanol–water partition coefficient (Wildman–Crippen LogP) is 2.79. The smallest absolute Gasteiger partial charge is 0.303 e. The van der Waals surface area contributed by atoms with E-state index in [-0.39, 0.29) is 23.9 Å². The lowest BCUT2D eigenvalue weighted by molar-refractivity contribution is -0.239. The molecular formula is C28H38N4O9S. The normalized spacial score (nSPS) is 21.9. The minimum atomic E-state index is -1.24. The average Bonchev–Trinajstić information content (AvgIpc) is 3.17. The third-order valence-electron chi connectivity index (χ3n) is 6.20. The first kappa shape index (κ1) is 32.7. The van der Waals surface area contributed by atoms with Gasteiger partial charge >= 0.3 is 17.9 Å². The molecule has 2 heterocycles. The van der Waals surface area contributed by atoms with Gasteiger partial charge in [0, 0.05) is 34.2 Å². The van der Waals surface area contributed by atoms with Gasteiger partial charge in [0.2, 0.25) is 5.91 Å². The minimum Gasteiger partial charge on any atom is -0.486 e. The summed E-state index contributed by atoms with van der Waals surface area (Å²) in [6, 6.07) is 6.48. The molecular weight excluding hydrogens is 568 g/mol. The number of ether oxygens (including phenoxy) is 5. The highest BCUT2D eigenvalue weighted by molar-refractivity contribution is 7.71. The number of hydrogen-bond donors (Lipinski definition) is 1. The summed E-state index contributed by atoms with van der Waals surface area (Å²) < 4.78 is 32.1. The van der Waals surface area contributed by atoms with Gasteiger partial charge in [-0.3, -0.25) is 19.2 Å². The largest absolute Gasteiger partial charge is 0.486 e. The highest BCUT2D eigenvalue weighted by atomic mass is 32.1. The quantitative estimate of drug-likeness (QED) is 0.229. The highest BCUT2D eigenvalue weighted by Gasteiger charge is 2.52. The number of hydrogen-bond acceptors (Lipinski definition) is 11. The van der Waals surface area contributed by atoms with Crippen LogP contribution in [0.5, 0.6) is 5.75 Å². The Bertz CT molecular complexity index is 1360.